The topological polar surface area (TPSA) is 425 Å². The first kappa shape index (κ1) is 51.3. The average molecular weight is 1080 g/mol. The summed E-state index contributed by atoms with van der Waals surface area (Å²) in [5.41, 5.74) is 13.8. The molecule has 4 amide bonds. The smallest absolute Gasteiger partial charge is 0.285 e. The molecule has 0 unspecified atom stereocenters. The number of carbonyl (C=O) groups excluding carboxylic acids is 8. The Morgan fingerprint density at radius 2 is 0.747 bits per heavy atom. The lowest BCUT2D eigenvalue weighted by molar-refractivity contribution is -0.288. The van der Waals surface area contributed by atoms with E-state index >= 15 is 26.3 Å². The van der Waals surface area contributed by atoms with Crippen LogP contribution in [0.4, 0.5) is 26.3 Å². The first-order valence-electron chi connectivity index (χ1n) is 19.4. The van der Waals surface area contributed by atoms with Crippen molar-refractivity contribution < 1.29 is 90.1 Å². The van der Waals surface area contributed by atoms with E-state index in [1.165, 1.54) is 0 Å². The summed E-state index contributed by atoms with van der Waals surface area (Å²) in [6.07, 6.45) is -13.2. The quantitative estimate of drug-likeness (QED) is 0.0343. The van der Waals surface area contributed by atoms with Gasteiger partial charge in [-0.2, -0.15) is 43.2 Å². The highest BCUT2D eigenvalue weighted by Gasteiger charge is 2.73. The van der Waals surface area contributed by atoms with E-state index in [1.54, 1.807) is 0 Å². The molecule has 376 valence electrons. The molecule has 0 aromatic heterocycles. The number of benzene rings is 4. The summed E-state index contributed by atoms with van der Waals surface area (Å²) in [6, 6.07) is 4.71. The monoisotopic (exact) mass is 1080 g/mol. The molecule has 0 fully saturated rings. The Hall–Kier alpha value is -10.0. The molecule has 0 spiro atoms. The van der Waals surface area contributed by atoms with Crippen molar-refractivity contribution in [3.63, 3.8) is 0 Å². The lowest BCUT2D eigenvalue weighted by Gasteiger charge is -2.38. The summed E-state index contributed by atoms with van der Waals surface area (Å²) in [6.45, 7) is 0. The number of halogens is 6. The fourth-order valence-electron chi connectivity index (χ4n) is 8.11. The number of hydroxylamine groups is 4. The van der Waals surface area contributed by atoms with Crippen LogP contribution in [0.15, 0.2) is 114 Å². The number of alkyl halides is 6. The van der Waals surface area contributed by atoms with Gasteiger partial charge >= 0.3 is 32.6 Å². The van der Waals surface area contributed by atoms with Gasteiger partial charge in [-0.05, 0) is 69.6 Å². The first-order valence-corrected chi connectivity index (χ1v) is 22.2. The fraction of sp³-hybridized carbons (Fsp3) is 0.0769. The zero-order valence-corrected chi connectivity index (χ0v) is 37.1. The van der Waals surface area contributed by atoms with Gasteiger partial charge < -0.3 is 0 Å². The Kier molecular flexibility index (Phi) is 12.1. The number of azide groups is 4. The number of fused-ring (bicyclic) bond motifs is 4. The van der Waals surface area contributed by atoms with Gasteiger partial charge in [0.15, 0.2) is 0 Å². The Balaban J connectivity index is 1.18. The van der Waals surface area contributed by atoms with Crippen LogP contribution in [-0.2, 0) is 43.8 Å². The van der Waals surface area contributed by atoms with E-state index in [2.05, 4.69) is 40.1 Å². The second kappa shape index (κ2) is 17.6. The van der Waals surface area contributed by atoms with Crippen LogP contribution in [0.25, 0.3) is 53.2 Å². The summed E-state index contributed by atoms with van der Waals surface area (Å²) < 4.78 is 158. The van der Waals surface area contributed by atoms with Crippen molar-refractivity contribution in [1.82, 2.24) is 10.1 Å². The van der Waals surface area contributed by atoms with Crippen LogP contribution >= 0.6 is 0 Å². The number of Topliss-reactive ketones (excluding diaryl/α,β-unsaturated/α-hetero) is 4. The van der Waals surface area contributed by atoms with Gasteiger partial charge in [0.25, 0.3) is 23.6 Å². The molecule has 4 aliphatic rings. The summed E-state index contributed by atoms with van der Waals surface area (Å²) in [5, 5.41) is 10.9. The van der Waals surface area contributed by atoms with E-state index in [1.807, 2.05) is 0 Å². The van der Waals surface area contributed by atoms with Crippen molar-refractivity contribution in [2.45, 2.75) is 27.6 Å². The molecule has 36 heteroatoms. The fourth-order valence-corrected chi connectivity index (χ4v) is 10.3. The second-order valence-corrected chi connectivity index (χ2v) is 18.0. The van der Waals surface area contributed by atoms with Crippen LogP contribution in [0.1, 0.15) is 84.4 Å². The Bertz CT molecular complexity index is 3760. The van der Waals surface area contributed by atoms with Crippen molar-refractivity contribution in [2.75, 3.05) is 0 Å². The molecule has 0 saturated carbocycles. The first-order chi connectivity index (χ1) is 35.2. The number of carbonyl (C=O) groups is 8. The molecule has 0 saturated heterocycles. The maximum atomic E-state index is 15.5. The van der Waals surface area contributed by atoms with Gasteiger partial charge in [0.05, 0.1) is 45.0 Å². The Labute approximate surface area is 407 Å². The molecule has 28 nitrogen and oxygen atoms in total. The standard InChI is InChI=1S/C39H12F6N14O14S2/c40-38(41,42)37(39(43,44)45,13-7-9-15-19(11-13)35(66)58(33(15)64)72-74(68,69)21-5-1-3-17-23(21)25(50-54-46)27(52-56-48)31(62)29(17)60)14-8-10-16-20(12-14)36(67)59(34(16)65)73-75(70,71)22-6-2-4-18-24(22)26(51-55-47)28(53-57-49)32(63)30(18)61/h1-12H. The maximum absolute atomic E-state index is 15.5. The minimum absolute atomic E-state index is 0.0286. The van der Waals surface area contributed by atoms with E-state index in [9.17, 15) is 55.2 Å². The Morgan fingerprint density at radius 3 is 1.07 bits per heavy atom. The molecule has 0 bridgehead atoms. The van der Waals surface area contributed by atoms with Crippen LogP contribution in [0, 0.1) is 0 Å². The van der Waals surface area contributed by atoms with Crippen molar-refractivity contribution in [1.29, 1.82) is 0 Å². The molecule has 2 heterocycles. The predicted octanol–water partition coefficient (Wildman–Crippen LogP) is 7.04. The zero-order valence-electron chi connectivity index (χ0n) is 35.5. The lowest BCUT2D eigenvalue weighted by atomic mass is 9.71. The summed E-state index contributed by atoms with van der Waals surface area (Å²) in [5.74, 6) is -14.0. The van der Waals surface area contributed by atoms with Crippen molar-refractivity contribution >= 4 is 78.4 Å². The van der Waals surface area contributed by atoms with Crippen LogP contribution < -0.4 is 0 Å². The molecular formula is C39H12F6N14O14S2. The normalized spacial score (nSPS) is 15.7. The van der Waals surface area contributed by atoms with E-state index in [4.69, 9.17) is 30.7 Å². The molecule has 0 N–H and O–H groups in total. The molecule has 0 atom stereocenters. The van der Waals surface area contributed by atoms with Crippen LogP contribution in [0.2, 0.25) is 0 Å². The highest BCUT2D eigenvalue weighted by molar-refractivity contribution is 7.87. The van der Waals surface area contributed by atoms with Gasteiger partial charge in [0.1, 0.15) is 9.79 Å². The number of ketones is 4. The average Bonchev–Trinajstić information content (AvgIpc) is 3.72. The van der Waals surface area contributed by atoms with Gasteiger partial charge in [0, 0.05) is 41.9 Å². The van der Waals surface area contributed by atoms with Crippen LogP contribution in [-0.4, -0.2) is 86.1 Å². The highest BCUT2D eigenvalue weighted by Crippen LogP contribution is 2.57. The third kappa shape index (κ3) is 7.58. The van der Waals surface area contributed by atoms with Gasteiger partial charge in [-0.25, -0.2) is 0 Å². The maximum Gasteiger partial charge on any atom is 0.411 e. The number of allylic oxidation sites excluding steroid dienone is 2. The number of imide groups is 2. The lowest BCUT2D eigenvalue weighted by Crippen LogP contribution is -2.55. The molecular weight excluding hydrogens is 1070 g/mol. The number of nitrogens with zero attached hydrogens (tertiary/aromatic N) is 14. The number of hydrogen-bond donors (Lipinski definition) is 0. The van der Waals surface area contributed by atoms with Gasteiger partial charge in [-0.3, -0.25) is 38.4 Å². The number of hydrogen-bond acceptors (Lipinski definition) is 18. The van der Waals surface area contributed by atoms with Crippen molar-refractivity contribution in [3.05, 3.63) is 182 Å². The summed E-state index contributed by atoms with van der Waals surface area (Å²) in [4.78, 5) is 112. The minimum atomic E-state index is -6.59. The highest BCUT2D eigenvalue weighted by atomic mass is 32.2. The van der Waals surface area contributed by atoms with Crippen LogP contribution in [0.5, 0.6) is 0 Å². The molecule has 0 radical (unpaired) electrons. The summed E-state index contributed by atoms with van der Waals surface area (Å²) in [7, 11) is -11.5. The summed E-state index contributed by atoms with van der Waals surface area (Å²) >= 11 is 0. The van der Waals surface area contributed by atoms with Crippen molar-refractivity contribution in [2.24, 2.45) is 20.5 Å². The van der Waals surface area contributed by atoms with E-state index in [0.29, 0.717) is 12.1 Å². The third-order valence-electron chi connectivity index (χ3n) is 11.2. The predicted molar refractivity (Wildman–Crippen MR) is 225 cm³/mol. The second-order valence-electron chi connectivity index (χ2n) is 15.0. The minimum Gasteiger partial charge on any atom is -0.285 e. The zero-order chi connectivity index (χ0) is 55.1. The van der Waals surface area contributed by atoms with Crippen LogP contribution in [0.3, 0.4) is 0 Å². The number of amides is 4. The van der Waals surface area contributed by atoms with Gasteiger partial charge in [0.2, 0.25) is 28.5 Å². The SMILES string of the molecule is [N-]=[N+]=NC1=C(N=[N+]=[N-])c2c(cccc2S(=O)(=O)ON2C(=O)c3ccc(C(c4ccc5c(c4)C(=O)N(OS(=O)(=O)c4cccc6c4C(N=[N+]=[N-])=C(N=[N+]=[N-])C(=O)C6=O)C5=O)(C(F)(F)F)C(F)(F)F)cc3C2=O)C(=O)C1=O. The molecule has 4 aromatic carbocycles. The molecule has 8 rings (SSSR count). The molecule has 75 heavy (non-hydrogen) atoms. The molecule has 2 aliphatic carbocycles. The number of rotatable bonds is 12. The largest absolute Gasteiger partial charge is 0.411 e. The third-order valence-corrected chi connectivity index (χ3v) is 13.6. The van der Waals surface area contributed by atoms with E-state index < -0.39 is 183 Å². The molecule has 2 aliphatic heterocycles. The van der Waals surface area contributed by atoms with E-state index in [-0.39, 0.29) is 36.4 Å². The van der Waals surface area contributed by atoms with Gasteiger partial charge in [-0.1, -0.05) is 56.9 Å². The molecule has 4 aromatic rings. The van der Waals surface area contributed by atoms with Gasteiger partial charge in [-0.15, -0.1) is 18.7 Å². The van der Waals surface area contributed by atoms with E-state index in [0.717, 1.165) is 24.3 Å². The van der Waals surface area contributed by atoms with Crippen molar-refractivity contribution in [3.8, 4) is 0 Å². The Morgan fingerprint density at radius 1 is 0.427 bits per heavy atom.